The largest absolute Gasteiger partial charge is 0.302 e. The van der Waals surface area contributed by atoms with Crippen molar-refractivity contribution in [2.45, 2.75) is 13.8 Å². The molecule has 1 saturated heterocycles. The molecule has 2 aromatic rings. The van der Waals surface area contributed by atoms with Gasteiger partial charge in [-0.2, -0.15) is 0 Å². The van der Waals surface area contributed by atoms with Crippen molar-refractivity contribution in [1.82, 2.24) is 10.9 Å². The summed E-state index contributed by atoms with van der Waals surface area (Å²) < 4.78 is 0. The molecule has 1 amide bonds. The van der Waals surface area contributed by atoms with Gasteiger partial charge in [0.1, 0.15) is 0 Å². The lowest BCUT2D eigenvalue weighted by Gasteiger charge is -2.15. The zero-order valence-corrected chi connectivity index (χ0v) is 12.1. The maximum atomic E-state index is 11.8. The minimum absolute atomic E-state index is 0.0323. The van der Waals surface area contributed by atoms with E-state index >= 15 is 0 Å². The molecule has 0 aliphatic carbocycles. The Hall–Kier alpha value is -2.00. The second-order valence-corrected chi connectivity index (χ2v) is 5.91. The van der Waals surface area contributed by atoms with E-state index in [-0.39, 0.29) is 5.91 Å². The van der Waals surface area contributed by atoms with Crippen molar-refractivity contribution in [3.63, 3.8) is 0 Å². The average molecular weight is 287 g/mol. The Labute approximate surface area is 122 Å². The Balaban J connectivity index is 2.18. The van der Waals surface area contributed by atoms with Gasteiger partial charge in [0.25, 0.3) is 0 Å². The third-order valence-corrected chi connectivity index (χ3v) is 3.93. The van der Waals surface area contributed by atoms with Crippen LogP contribution >= 0.6 is 11.6 Å². The SMILES string of the molecule is CC1(C)C(=O)NN/C1=C\c1cc(Cl)cc2ccccc12. The lowest BCUT2D eigenvalue weighted by Crippen LogP contribution is -2.28. The number of nitrogens with one attached hydrogen (secondary N) is 2. The van der Waals surface area contributed by atoms with Crippen molar-refractivity contribution in [3.05, 3.63) is 52.7 Å². The summed E-state index contributed by atoms with van der Waals surface area (Å²) in [6.07, 6.45) is 1.98. The fourth-order valence-electron chi connectivity index (χ4n) is 2.35. The van der Waals surface area contributed by atoms with E-state index in [0.29, 0.717) is 5.02 Å². The number of carbonyl (C=O) groups excluding carboxylic acids is 1. The van der Waals surface area contributed by atoms with Crippen LogP contribution < -0.4 is 10.9 Å². The van der Waals surface area contributed by atoms with Crippen LogP contribution in [0.2, 0.25) is 5.02 Å². The molecule has 0 spiro atoms. The number of rotatable bonds is 1. The monoisotopic (exact) mass is 286 g/mol. The Morgan fingerprint density at radius 1 is 1.15 bits per heavy atom. The first-order valence-corrected chi connectivity index (χ1v) is 6.83. The summed E-state index contributed by atoms with van der Waals surface area (Å²) >= 11 is 6.18. The summed E-state index contributed by atoms with van der Waals surface area (Å²) in [4.78, 5) is 11.8. The van der Waals surface area contributed by atoms with Crippen LogP contribution in [0.25, 0.3) is 16.8 Å². The smallest absolute Gasteiger partial charge is 0.249 e. The third kappa shape index (κ3) is 2.04. The molecule has 0 radical (unpaired) electrons. The molecule has 20 heavy (non-hydrogen) atoms. The average Bonchev–Trinajstić information content (AvgIpc) is 2.65. The quantitative estimate of drug-likeness (QED) is 0.842. The molecule has 0 bridgehead atoms. The van der Waals surface area contributed by atoms with Gasteiger partial charge in [0.15, 0.2) is 0 Å². The number of carbonyl (C=O) groups is 1. The van der Waals surface area contributed by atoms with E-state index in [1.165, 1.54) is 0 Å². The summed E-state index contributed by atoms with van der Waals surface area (Å²) in [6, 6.07) is 11.9. The van der Waals surface area contributed by atoms with E-state index < -0.39 is 5.41 Å². The molecule has 3 nitrogen and oxygen atoms in total. The van der Waals surface area contributed by atoms with Crippen LogP contribution in [0.3, 0.4) is 0 Å². The number of fused-ring (bicyclic) bond motifs is 1. The molecule has 1 aliphatic heterocycles. The molecule has 2 aromatic carbocycles. The molecule has 0 aromatic heterocycles. The number of amides is 1. The summed E-state index contributed by atoms with van der Waals surface area (Å²) in [5, 5.41) is 2.88. The van der Waals surface area contributed by atoms with Crippen molar-refractivity contribution in [1.29, 1.82) is 0 Å². The van der Waals surface area contributed by atoms with Gasteiger partial charge in [-0.15, -0.1) is 0 Å². The van der Waals surface area contributed by atoms with E-state index in [2.05, 4.69) is 16.9 Å². The maximum absolute atomic E-state index is 11.8. The summed E-state index contributed by atoms with van der Waals surface area (Å²) in [7, 11) is 0. The maximum Gasteiger partial charge on any atom is 0.249 e. The molecule has 102 valence electrons. The van der Waals surface area contributed by atoms with Gasteiger partial charge < -0.3 is 5.43 Å². The third-order valence-electron chi connectivity index (χ3n) is 3.71. The van der Waals surface area contributed by atoms with E-state index in [4.69, 9.17) is 11.6 Å². The van der Waals surface area contributed by atoms with E-state index in [0.717, 1.165) is 22.0 Å². The molecule has 0 atom stereocenters. The first-order chi connectivity index (χ1) is 9.48. The van der Waals surface area contributed by atoms with Crippen LogP contribution in [0, 0.1) is 5.41 Å². The first kappa shape index (κ1) is 13.0. The summed E-state index contributed by atoms with van der Waals surface area (Å²) in [5.41, 5.74) is 6.88. The highest BCUT2D eigenvalue weighted by atomic mass is 35.5. The van der Waals surface area contributed by atoms with Crippen molar-refractivity contribution >= 4 is 34.4 Å². The molecule has 1 aliphatic rings. The molecular weight excluding hydrogens is 272 g/mol. The number of halogens is 1. The fraction of sp³-hybridized carbons (Fsp3) is 0.188. The molecule has 0 unspecified atom stereocenters. The molecular formula is C16H15ClN2O. The summed E-state index contributed by atoms with van der Waals surface area (Å²) in [6.45, 7) is 3.78. The number of hydrogen-bond donors (Lipinski definition) is 2. The predicted molar refractivity (Wildman–Crippen MR) is 82.0 cm³/mol. The second kappa shape index (κ2) is 4.53. The van der Waals surface area contributed by atoms with Crippen LogP contribution in [0.1, 0.15) is 19.4 Å². The van der Waals surface area contributed by atoms with E-state index in [1.54, 1.807) is 0 Å². The van der Waals surface area contributed by atoms with Crippen LogP contribution in [-0.2, 0) is 4.79 Å². The predicted octanol–water partition coefficient (Wildman–Crippen LogP) is 3.49. The van der Waals surface area contributed by atoms with Crippen LogP contribution in [-0.4, -0.2) is 5.91 Å². The van der Waals surface area contributed by atoms with Gasteiger partial charge in [-0.25, -0.2) is 0 Å². The van der Waals surface area contributed by atoms with Gasteiger partial charge in [0.2, 0.25) is 5.91 Å². The van der Waals surface area contributed by atoms with Gasteiger partial charge in [0.05, 0.1) is 5.41 Å². The Kier molecular flexibility index (Phi) is 2.94. The lowest BCUT2D eigenvalue weighted by molar-refractivity contribution is -0.125. The number of benzene rings is 2. The highest BCUT2D eigenvalue weighted by Crippen LogP contribution is 2.32. The lowest BCUT2D eigenvalue weighted by atomic mass is 9.88. The topological polar surface area (TPSA) is 41.1 Å². The first-order valence-electron chi connectivity index (χ1n) is 6.45. The Bertz CT molecular complexity index is 734. The zero-order chi connectivity index (χ0) is 14.3. The normalized spacial score (nSPS) is 19.1. The minimum Gasteiger partial charge on any atom is -0.302 e. The standard InChI is InChI=1S/C16H15ClN2O/c1-16(2)14(18-19-15(16)20)9-11-8-12(17)7-10-5-3-4-6-13(10)11/h3-9,18H,1-2H3,(H,19,20)/b14-9-. The molecule has 3 rings (SSSR count). The van der Waals surface area contributed by atoms with Gasteiger partial charge in [-0.1, -0.05) is 35.9 Å². The van der Waals surface area contributed by atoms with Crippen molar-refractivity contribution in [2.24, 2.45) is 5.41 Å². The second-order valence-electron chi connectivity index (χ2n) is 5.48. The van der Waals surface area contributed by atoms with Crippen molar-refractivity contribution in [3.8, 4) is 0 Å². The highest BCUT2D eigenvalue weighted by Gasteiger charge is 2.37. The van der Waals surface area contributed by atoms with Gasteiger partial charge in [-0.3, -0.25) is 10.2 Å². The Morgan fingerprint density at radius 3 is 2.60 bits per heavy atom. The van der Waals surface area contributed by atoms with Crippen molar-refractivity contribution in [2.75, 3.05) is 0 Å². The Morgan fingerprint density at radius 2 is 1.90 bits per heavy atom. The minimum atomic E-state index is -0.566. The molecule has 1 fully saturated rings. The van der Waals surface area contributed by atoms with Crippen LogP contribution in [0.15, 0.2) is 42.1 Å². The zero-order valence-electron chi connectivity index (χ0n) is 11.3. The van der Waals surface area contributed by atoms with Crippen LogP contribution in [0.5, 0.6) is 0 Å². The molecule has 0 saturated carbocycles. The van der Waals surface area contributed by atoms with Gasteiger partial charge in [-0.05, 0) is 48.4 Å². The fourth-order valence-corrected chi connectivity index (χ4v) is 2.59. The molecule has 4 heteroatoms. The van der Waals surface area contributed by atoms with Gasteiger partial charge in [0, 0.05) is 10.7 Å². The molecule has 2 N–H and O–H groups in total. The number of hydrogen-bond acceptors (Lipinski definition) is 2. The van der Waals surface area contributed by atoms with Gasteiger partial charge >= 0.3 is 0 Å². The van der Waals surface area contributed by atoms with E-state index in [1.807, 2.05) is 50.3 Å². The van der Waals surface area contributed by atoms with Crippen LogP contribution in [0.4, 0.5) is 0 Å². The molecule has 1 heterocycles. The summed E-state index contributed by atoms with van der Waals surface area (Å²) in [5.74, 6) is -0.0323. The van der Waals surface area contributed by atoms with Crippen molar-refractivity contribution < 1.29 is 4.79 Å². The number of hydrazine groups is 1. The van der Waals surface area contributed by atoms with E-state index in [9.17, 15) is 4.79 Å². The highest BCUT2D eigenvalue weighted by molar-refractivity contribution is 6.31.